The van der Waals surface area contributed by atoms with Crippen LogP contribution in [0.25, 0.3) is 16.9 Å². The molecule has 0 saturated heterocycles. The summed E-state index contributed by atoms with van der Waals surface area (Å²) in [7, 11) is 1.61. The van der Waals surface area contributed by atoms with Crippen LogP contribution in [0.5, 0.6) is 5.88 Å². The van der Waals surface area contributed by atoms with Gasteiger partial charge in [-0.15, -0.1) is 0 Å². The van der Waals surface area contributed by atoms with E-state index in [1.54, 1.807) is 19.5 Å². The molecule has 124 valence electrons. The average molecular weight is 324 g/mol. The number of anilines is 1. The predicted molar refractivity (Wildman–Crippen MR) is 92.0 cm³/mol. The number of methoxy groups -OCH3 is 1. The number of hydrogen-bond acceptors (Lipinski definition) is 6. The van der Waals surface area contributed by atoms with Crippen molar-refractivity contribution >= 4 is 11.5 Å². The molecule has 3 heterocycles. The highest BCUT2D eigenvalue weighted by Gasteiger charge is 2.22. The molecule has 3 aromatic rings. The van der Waals surface area contributed by atoms with E-state index in [9.17, 15) is 0 Å². The van der Waals surface area contributed by atoms with Crippen molar-refractivity contribution in [2.45, 2.75) is 31.3 Å². The molecule has 4 rings (SSSR count). The first-order valence-electron chi connectivity index (χ1n) is 8.10. The van der Waals surface area contributed by atoms with Crippen molar-refractivity contribution in [2.75, 3.05) is 12.4 Å². The number of fused-ring (bicyclic) bond motifs is 1. The normalized spacial score (nSPS) is 20.4. The molecular weight excluding hydrogens is 304 g/mol. The second-order valence-electron chi connectivity index (χ2n) is 6.13. The first-order chi connectivity index (χ1) is 11.7. The molecule has 7 nitrogen and oxygen atoms in total. The third-order valence-corrected chi connectivity index (χ3v) is 4.42. The smallest absolute Gasteiger partial charge is 0.213 e. The Labute approximate surface area is 139 Å². The minimum absolute atomic E-state index is 0.279. The first-order valence-corrected chi connectivity index (χ1v) is 8.10. The van der Waals surface area contributed by atoms with Gasteiger partial charge in [0, 0.05) is 42.0 Å². The fourth-order valence-corrected chi connectivity index (χ4v) is 3.20. The van der Waals surface area contributed by atoms with E-state index in [4.69, 9.17) is 10.5 Å². The van der Waals surface area contributed by atoms with Crippen molar-refractivity contribution in [3.63, 3.8) is 0 Å². The molecule has 0 bridgehead atoms. The molecule has 1 aliphatic rings. The van der Waals surface area contributed by atoms with Gasteiger partial charge in [-0.05, 0) is 25.3 Å². The van der Waals surface area contributed by atoms with Gasteiger partial charge in [-0.25, -0.2) is 9.97 Å². The van der Waals surface area contributed by atoms with Gasteiger partial charge in [0.15, 0.2) is 5.65 Å². The van der Waals surface area contributed by atoms with Crippen LogP contribution in [0.2, 0.25) is 0 Å². The molecule has 0 aliphatic heterocycles. The van der Waals surface area contributed by atoms with Gasteiger partial charge in [0.05, 0.1) is 19.0 Å². The van der Waals surface area contributed by atoms with Crippen LogP contribution < -0.4 is 15.8 Å². The van der Waals surface area contributed by atoms with E-state index >= 15 is 0 Å². The SMILES string of the molecule is COc1cc(-c2cc(N[C@H]3CC[C@H](N)C3)n3nccc3n2)ccn1. The van der Waals surface area contributed by atoms with Gasteiger partial charge in [0.1, 0.15) is 5.82 Å². The summed E-state index contributed by atoms with van der Waals surface area (Å²) in [4.78, 5) is 8.84. The quantitative estimate of drug-likeness (QED) is 0.764. The van der Waals surface area contributed by atoms with E-state index in [1.807, 2.05) is 28.8 Å². The summed E-state index contributed by atoms with van der Waals surface area (Å²) in [6, 6.07) is 8.36. The van der Waals surface area contributed by atoms with Gasteiger partial charge < -0.3 is 15.8 Å². The third-order valence-electron chi connectivity index (χ3n) is 4.42. The lowest BCUT2D eigenvalue weighted by Gasteiger charge is -2.16. The Morgan fingerprint density at radius 3 is 2.96 bits per heavy atom. The summed E-state index contributed by atoms with van der Waals surface area (Å²) in [6.45, 7) is 0. The van der Waals surface area contributed by atoms with Crippen LogP contribution in [-0.2, 0) is 0 Å². The summed E-state index contributed by atoms with van der Waals surface area (Å²) >= 11 is 0. The number of nitrogens with zero attached hydrogens (tertiary/aromatic N) is 4. The maximum Gasteiger partial charge on any atom is 0.213 e. The van der Waals surface area contributed by atoms with E-state index in [0.29, 0.717) is 11.9 Å². The number of pyridine rings is 1. The van der Waals surface area contributed by atoms with Crippen LogP contribution in [0.3, 0.4) is 0 Å². The number of rotatable bonds is 4. The molecule has 1 aliphatic carbocycles. The van der Waals surface area contributed by atoms with Crippen LogP contribution >= 0.6 is 0 Å². The molecule has 1 fully saturated rings. The molecule has 0 spiro atoms. The lowest BCUT2D eigenvalue weighted by molar-refractivity contribution is 0.398. The van der Waals surface area contributed by atoms with Crippen molar-refractivity contribution in [2.24, 2.45) is 5.73 Å². The highest BCUT2D eigenvalue weighted by molar-refractivity contribution is 5.67. The Morgan fingerprint density at radius 2 is 2.17 bits per heavy atom. The fourth-order valence-electron chi connectivity index (χ4n) is 3.20. The molecule has 1 saturated carbocycles. The number of aromatic nitrogens is 4. The monoisotopic (exact) mass is 324 g/mol. The zero-order valence-corrected chi connectivity index (χ0v) is 13.5. The second-order valence-corrected chi connectivity index (χ2v) is 6.13. The summed E-state index contributed by atoms with van der Waals surface area (Å²) in [5, 5.41) is 7.94. The van der Waals surface area contributed by atoms with Crippen LogP contribution in [0.4, 0.5) is 5.82 Å². The second kappa shape index (κ2) is 6.09. The standard InChI is InChI=1S/C17H20N6O/c1-24-17-8-11(4-6-19-17)14-10-16(21-13-3-2-12(18)9-13)23-15(22-14)5-7-20-23/h4-8,10,12-13,21H,2-3,9,18H2,1H3/t12-,13-/m0/s1. The van der Waals surface area contributed by atoms with E-state index < -0.39 is 0 Å². The van der Waals surface area contributed by atoms with Crippen LogP contribution in [0.15, 0.2) is 36.7 Å². The van der Waals surface area contributed by atoms with Gasteiger partial charge in [0.2, 0.25) is 5.88 Å². The minimum Gasteiger partial charge on any atom is -0.481 e. The highest BCUT2D eigenvalue weighted by Crippen LogP contribution is 2.27. The summed E-state index contributed by atoms with van der Waals surface area (Å²) in [5.74, 6) is 1.49. The largest absolute Gasteiger partial charge is 0.481 e. The fraction of sp³-hybridized carbons (Fsp3) is 0.353. The van der Waals surface area contributed by atoms with E-state index in [0.717, 1.165) is 42.0 Å². The van der Waals surface area contributed by atoms with Crippen LogP contribution in [0, 0.1) is 0 Å². The Kier molecular flexibility index (Phi) is 3.78. The summed E-state index contributed by atoms with van der Waals surface area (Å²) in [5.41, 5.74) is 8.64. The minimum atomic E-state index is 0.279. The Hall–Kier alpha value is -2.67. The number of hydrogen-bond donors (Lipinski definition) is 2. The molecular formula is C17H20N6O. The summed E-state index contributed by atoms with van der Waals surface area (Å²) < 4.78 is 7.04. The molecule has 7 heteroatoms. The lowest BCUT2D eigenvalue weighted by Crippen LogP contribution is -2.22. The maximum atomic E-state index is 6.03. The van der Waals surface area contributed by atoms with Crippen LogP contribution in [0.1, 0.15) is 19.3 Å². The van der Waals surface area contributed by atoms with Crippen molar-refractivity contribution in [1.29, 1.82) is 0 Å². The molecule has 0 amide bonds. The number of nitrogens with one attached hydrogen (secondary N) is 1. The van der Waals surface area contributed by atoms with Crippen molar-refractivity contribution < 1.29 is 4.74 Å². The Bertz CT molecular complexity index is 861. The lowest BCUT2D eigenvalue weighted by atomic mass is 10.2. The average Bonchev–Trinajstić information content (AvgIpc) is 3.23. The first kappa shape index (κ1) is 14.9. The van der Waals surface area contributed by atoms with Gasteiger partial charge in [0.25, 0.3) is 0 Å². The zero-order chi connectivity index (χ0) is 16.5. The zero-order valence-electron chi connectivity index (χ0n) is 13.5. The molecule has 24 heavy (non-hydrogen) atoms. The van der Waals surface area contributed by atoms with Gasteiger partial charge in [-0.1, -0.05) is 0 Å². The van der Waals surface area contributed by atoms with Crippen molar-refractivity contribution in [3.05, 3.63) is 36.7 Å². The van der Waals surface area contributed by atoms with Crippen LogP contribution in [-0.4, -0.2) is 38.8 Å². The Morgan fingerprint density at radius 1 is 1.25 bits per heavy atom. The Balaban J connectivity index is 1.74. The summed E-state index contributed by atoms with van der Waals surface area (Å²) in [6.07, 6.45) is 6.58. The van der Waals surface area contributed by atoms with E-state index in [2.05, 4.69) is 20.4 Å². The van der Waals surface area contributed by atoms with E-state index in [-0.39, 0.29) is 6.04 Å². The molecule has 3 N–H and O–H groups in total. The van der Waals surface area contributed by atoms with Gasteiger partial charge in [-0.2, -0.15) is 9.61 Å². The molecule has 3 aromatic heterocycles. The predicted octanol–water partition coefficient (Wildman–Crippen LogP) is 2.09. The molecule has 2 atom stereocenters. The number of ether oxygens (including phenoxy) is 1. The third kappa shape index (κ3) is 2.78. The molecule has 0 aromatic carbocycles. The molecule has 0 unspecified atom stereocenters. The maximum absolute atomic E-state index is 6.03. The molecule has 0 radical (unpaired) electrons. The van der Waals surface area contributed by atoms with Gasteiger partial charge >= 0.3 is 0 Å². The van der Waals surface area contributed by atoms with E-state index in [1.165, 1.54) is 0 Å². The number of nitrogens with two attached hydrogens (primary N) is 1. The topological polar surface area (TPSA) is 90.4 Å². The van der Waals surface area contributed by atoms with Gasteiger partial charge in [-0.3, -0.25) is 0 Å². The highest BCUT2D eigenvalue weighted by atomic mass is 16.5. The van der Waals surface area contributed by atoms with Crippen molar-refractivity contribution in [3.8, 4) is 17.1 Å². The van der Waals surface area contributed by atoms with Crippen molar-refractivity contribution in [1.82, 2.24) is 19.6 Å².